The summed E-state index contributed by atoms with van der Waals surface area (Å²) in [5, 5.41) is 1.12. The molecule has 20 heavy (non-hydrogen) atoms. The van der Waals surface area contributed by atoms with E-state index in [4.69, 9.17) is 20.8 Å². The summed E-state index contributed by atoms with van der Waals surface area (Å²) in [7, 11) is 1.46. The van der Waals surface area contributed by atoms with Crippen LogP contribution in [-0.4, -0.2) is 7.11 Å². The molecule has 0 spiro atoms. The predicted octanol–water partition coefficient (Wildman–Crippen LogP) is 4.12. The van der Waals surface area contributed by atoms with E-state index >= 15 is 0 Å². The van der Waals surface area contributed by atoms with Gasteiger partial charge in [0, 0.05) is 10.6 Å². The molecule has 0 fully saturated rings. The maximum atomic E-state index is 12.4. The second-order valence-electron chi connectivity index (χ2n) is 4.30. The first-order chi connectivity index (χ1) is 9.70. The van der Waals surface area contributed by atoms with Crippen LogP contribution in [0.3, 0.4) is 0 Å². The van der Waals surface area contributed by atoms with Crippen LogP contribution in [0.15, 0.2) is 57.7 Å². The van der Waals surface area contributed by atoms with Crippen LogP contribution in [0.4, 0.5) is 0 Å². The zero-order chi connectivity index (χ0) is 14.1. The summed E-state index contributed by atoms with van der Waals surface area (Å²) in [4.78, 5) is 12.4. The minimum absolute atomic E-state index is 0.181. The molecule has 3 aromatic rings. The first-order valence-corrected chi connectivity index (χ1v) is 6.44. The Bertz CT molecular complexity index is 819. The average molecular weight is 287 g/mol. The van der Waals surface area contributed by atoms with Crippen LogP contribution in [0.25, 0.3) is 22.3 Å². The standard InChI is InChI=1S/C16H11ClO3/c1-19-16-14(18)12-4-2-3-5-13(12)20-15(16)10-6-8-11(17)9-7-10/h2-9H,1H3. The van der Waals surface area contributed by atoms with Crippen molar-refractivity contribution in [2.24, 2.45) is 0 Å². The Kier molecular flexibility index (Phi) is 3.20. The maximum Gasteiger partial charge on any atom is 0.235 e. The monoisotopic (exact) mass is 286 g/mol. The van der Waals surface area contributed by atoms with Crippen molar-refractivity contribution in [2.45, 2.75) is 0 Å². The number of halogens is 1. The van der Waals surface area contributed by atoms with E-state index in [-0.39, 0.29) is 11.2 Å². The second-order valence-corrected chi connectivity index (χ2v) is 4.73. The number of benzene rings is 2. The van der Waals surface area contributed by atoms with Gasteiger partial charge in [0.05, 0.1) is 12.5 Å². The third-order valence-corrected chi connectivity index (χ3v) is 3.32. The van der Waals surface area contributed by atoms with Gasteiger partial charge in [0.25, 0.3) is 0 Å². The van der Waals surface area contributed by atoms with Crippen LogP contribution < -0.4 is 10.2 Å². The van der Waals surface area contributed by atoms with Crippen LogP contribution in [0.5, 0.6) is 5.75 Å². The first-order valence-electron chi connectivity index (χ1n) is 6.06. The quantitative estimate of drug-likeness (QED) is 0.711. The predicted molar refractivity (Wildman–Crippen MR) is 79.5 cm³/mol. The van der Waals surface area contributed by atoms with Gasteiger partial charge in [0.15, 0.2) is 5.76 Å². The highest BCUT2D eigenvalue weighted by Gasteiger charge is 2.16. The molecule has 100 valence electrons. The van der Waals surface area contributed by atoms with Crippen LogP contribution in [-0.2, 0) is 0 Å². The summed E-state index contributed by atoms with van der Waals surface area (Å²) in [6.45, 7) is 0. The summed E-state index contributed by atoms with van der Waals surface area (Å²) in [6.07, 6.45) is 0. The van der Waals surface area contributed by atoms with Gasteiger partial charge in [-0.3, -0.25) is 4.79 Å². The van der Waals surface area contributed by atoms with Crippen LogP contribution >= 0.6 is 11.6 Å². The van der Waals surface area contributed by atoms with E-state index in [0.29, 0.717) is 21.8 Å². The molecule has 3 nitrogen and oxygen atoms in total. The molecular weight excluding hydrogens is 276 g/mol. The lowest BCUT2D eigenvalue weighted by Gasteiger charge is -2.08. The lowest BCUT2D eigenvalue weighted by Crippen LogP contribution is -2.07. The number of rotatable bonds is 2. The Morgan fingerprint density at radius 2 is 1.75 bits per heavy atom. The molecule has 0 N–H and O–H groups in total. The van der Waals surface area contributed by atoms with Crippen LogP contribution in [0, 0.1) is 0 Å². The molecule has 1 heterocycles. The SMILES string of the molecule is COc1c(-c2ccc(Cl)cc2)oc2ccccc2c1=O. The molecule has 0 aliphatic carbocycles. The number of para-hydroxylation sites is 1. The zero-order valence-electron chi connectivity index (χ0n) is 10.7. The second kappa shape index (κ2) is 5.02. The molecule has 0 bridgehead atoms. The highest BCUT2D eigenvalue weighted by molar-refractivity contribution is 6.30. The molecule has 0 amide bonds. The van der Waals surface area contributed by atoms with Crippen molar-refractivity contribution in [3.8, 4) is 17.1 Å². The topological polar surface area (TPSA) is 39.4 Å². The fourth-order valence-corrected chi connectivity index (χ4v) is 2.23. The molecule has 4 heteroatoms. The van der Waals surface area contributed by atoms with Gasteiger partial charge in [-0.05, 0) is 36.4 Å². The van der Waals surface area contributed by atoms with Gasteiger partial charge in [0.1, 0.15) is 5.58 Å². The molecule has 0 aliphatic heterocycles. The lowest BCUT2D eigenvalue weighted by atomic mass is 10.1. The lowest BCUT2D eigenvalue weighted by molar-refractivity contribution is 0.399. The van der Waals surface area contributed by atoms with Gasteiger partial charge in [-0.15, -0.1) is 0 Å². The number of ether oxygens (including phenoxy) is 1. The first kappa shape index (κ1) is 12.8. The van der Waals surface area contributed by atoms with Gasteiger partial charge in [0.2, 0.25) is 11.2 Å². The Labute approximate surface area is 120 Å². The van der Waals surface area contributed by atoms with Crippen molar-refractivity contribution in [1.82, 2.24) is 0 Å². The average Bonchev–Trinajstić information content (AvgIpc) is 2.48. The Morgan fingerprint density at radius 1 is 1.05 bits per heavy atom. The summed E-state index contributed by atoms with van der Waals surface area (Å²) < 4.78 is 11.1. The number of hydrogen-bond acceptors (Lipinski definition) is 3. The van der Waals surface area contributed by atoms with E-state index in [0.717, 1.165) is 5.56 Å². The van der Waals surface area contributed by atoms with Crippen molar-refractivity contribution in [3.63, 3.8) is 0 Å². The van der Waals surface area contributed by atoms with Crippen molar-refractivity contribution >= 4 is 22.6 Å². The molecule has 3 rings (SSSR count). The normalized spacial score (nSPS) is 10.7. The van der Waals surface area contributed by atoms with E-state index in [2.05, 4.69) is 0 Å². The van der Waals surface area contributed by atoms with E-state index in [1.54, 1.807) is 42.5 Å². The Morgan fingerprint density at radius 3 is 2.45 bits per heavy atom. The van der Waals surface area contributed by atoms with Crippen molar-refractivity contribution < 1.29 is 9.15 Å². The Hall–Kier alpha value is -2.26. The summed E-state index contributed by atoms with van der Waals surface area (Å²) in [5.74, 6) is 0.610. The van der Waals surface area contributed by atoms with Crippen LogP contribution in [0.1, 0.15) is 0 Å². The van der Waals surface area contributed by atoms with E-state index < -0.39 is 0 Å². The molecule has 0 unspecified atom stereocenters. The van der Waals surface area contributed by atoms with Crippen molar-refractivity contribution in [1.29, 1.82) is 0 Å². The summed E-state index contributed by atoms with van der Waals surface area (Å²) in [6, 6.07) is 14.2. The smallest absolute Gasteiger partial charge is 0.235 e. The molecule has 0 saturated heterocycles. The largest absolute Gasteiger partial charge is 0.490 e. The molecule has 1 aromatic heterocycles. The number of fused-ring (bicyclic) bond motifs is 1. The van der Waals surface area contributed by atoms with E-state index in [9.17, 15) is 4.79 Å². The third-order valence-electron chi connectivity index (χ3n) is 3.07. The van der Waals surface area contributed by atoms with Gasteiger partial charge < -0.3 is 9.15 Å². The maximum absolute atomic E-state index is 12.4. The summed E-state index contributed by atoms with van der Waals surface area (Å²) >= 11 is 5.88. The number of methoxy groups -OCH3 is 1. The van der Waals surface area contributed by atoms with Gasteiger partial charge in [-0.25, -0.2) is 0 Å². The molecule has 0 aliphatic rings. The third kappa shape index (κ3) is 2.06. The summed E-state index contributed by atoms with van der Waals surface area (Å²) in [5.41, 5.74) is 1.09. The molecular formula is C16H11ClO3. The number of hydrogen-bond donors (Lipinski definition) is 0. The van der Waals surface area contributed by atoms with Gasteiger partial charge >= 0.3 is 0 Å². The Balaban J connectivity index is 2.34. The van der Waals surface area contributed by atoms with Crippen molar-refractivity contribution in [3.05, 3.63) is 63.8 Å². The highest BCUT2D eigenvalue weighted by Crippen LogP contribution is 2.31. The highest BCUT2D eigenvalue weighted by atomic mass is 35.5. The molecule has 2 aromatic carbocycles. The molecule has 0 saturated carbocycles. The zero-order valence-corrected chi connectivity index (χ0v) is 11.5. The van der Waals surface area contributed by atoms with E-state index in [1.165, 1.54) is 7.11 Å². The molecule has 0 radical (unpaired) electrons. The molecule has 0 atom stereocenters. The van der Waals surface area contributed by atoms with Crippen LogP contribution in [0.2, 0.25) is 5.02 Å². The van der Waals surface area contributed by atoms with E-state index in [1.807, 2.05) is 6.07 Å². The van der Waals surface area contributed by atoms with Crippen molar-refractivity contribution in [2.75, 3.05) is 7.11 Å². The fraction of sp³-hybridized carbons (Fsp3) is 0.0625. The van der Waals surface area contributed by atoms with Gasteiger partial charge in [-0.1, -0.05) is 23.7 Å². The minimum Gasteiger partial charge on any atom is -0.490 e. The van der Waals surface area contributed by atoms with Gasteiger partial charge in [-0.2, -0.15) is 0 Å². The minimum atomic E-state index is -0.181. The fourth-order valence-electron chi connectivity index (χ4n) is 2.10.